The molecule has 1 aliphatic heterocycles. The maximum absolute atomic E-state index is 12.6. The van der Waals surface area contributed by atoms with Crippen molar-refractivity contribution in [3.63, 3.8) is 0 Å². The normalized spacial score (nSPS) is 14.3. The van der Waals surface area contributed by atoms with Gasteiger partial charge in [-0.2, -0.15) is 0 Å². The van der Waals surface area contributed by atoms with Crippen LogP contribution in [0.25, 0.3) is 22.3 Å². The minimum atomic E-state index is 0.0852. The van der Waals surface area contributed by atoms with Crippen molar-refractivity contribution in [2.45, 2.75) is 11.3 Å². The largest absolute Gasteiger partial charge is 0.504 e. The van der Waals surface area contributed by atoms with Gasteiger partial charge in [0, 0.05) is 24.0 Å². The van der Waals surface area contributed by atoms with Crippen LogP contribution in [0, 0.1) is 0 Å². The minimum Gasteiger partial charge on any atom is -0.504 e. The molecule has 1 saturated heterocycles. The Bertz CT molecular complexity index is 1040. The van der Waals surface area contributed by atoms with E-state index in [4.69, 9.17) is 13.9 Å². The Morgan fingerprint density at radius 3 is 2.72 bits per heavy atom. The van der Waals surface area contributed by atoms with Gasteiger partial charge in [0.05, 0.1) is 31.6 Å². The smallest absolute Gasteiger partial charge is 0.227 e. The fourth-order valence-corrected chi connectivity index (χ4v) is 4.27. The van der Waals surface area contributed by atoms with Gasteiger partial charge in [0.15, 0.2) is 11.5 Å². The number of nitrogens with zero attached hydrogens (tertiary/aromatic N) is 1. The monoisotopic (exact) mass is 413 g/mol. The highest BCUT2D eigenvalue weighted by Gasteiger charge is 2.20. The quantitative estimate of drug-likeness (QED) is 0.639. The van der Waals surface area contributed by atoms with E-state index >= 15 is 0 Å². The molecule has 0 unspecified atom stereocenters. The van der Waals surface area contributed by atoms with Crippen molar-refractivity contribution in [3.8, 4) is 22.8 Å². The van der Waals surface area contributed by atoms with Gasteiger partial charge in [0.2, 0.25) is 5.91 Å². The molecule has 0 atom stereocenters. The third kappa shape index (κ3) is 3.93. The predicted molar refractivity (Wildman–Crippen MR) is 113 cm³/mol. The molecule has 7 heteroatoms. The number of phenolic OH excluding ortho intramolecular Hbond substituents is 1. The number of carbonyl (C=O) groups excluding carboxylic acids is 1. The number of fused-ring (bicyclic) bond motifs is 1. The van der Waals surface area contributed by atoms with Crippen LogP contribution in [0.4, 0.5) is 0 Å². The molecule has 0 bridgehead atoms. The third-order valence-corrected chi connectivity index (χ3v) is 5.89. The topological polar surface area (TPSA) is 72.1 Å². The second-order valence-corrected chi connectivity index (χ2v) is 7.67. The fourth-order valence-electron chi connectivity index (χ4n) is 3.54. The number of thioether (sulfide) groups is 1. The second kappa shape index (κ2) is 8.39. The molecule has 0 saturated carbocycles. The van der Waals surface area contributed by atoms with Crippen LogP contribution in [0.1, 0.15) is 5.56 Å². The maximum atomic E-state index is 12.6. The van der Waals surface area contributed by atoms with Crippen molar-refractivity contribution >= 4 is 28.6 Å². The lowest BCUT2D eigenvalue weighted by molar-refractivity contribution is -0.134. The number of morpholine rings is 1. The molecule has 4 rings (SSSR count). The number of amides is 1. The Labute approximate surface area is 173 Å². The zero-order chi connectivity index (χ0) is 20.4. The molecular weight excluding hydrogens is 390 g/mol. The zero-order valence-electron chi connectivity index (χ0n) is 16.4. The molecule has 3 aromatic rings. The predicted octanol–water partition coefficient (Wildman–Crippen LogP) is 3.94. The first-order valence-corrected chi connectivity index (χ1v) is 10.7. The van der Waals surface area contributed by atoms with Crippen LogP contribution < -0.4 is 4.74 Å². The number of rotatable bonds is 5. The SMILES string of the molecule is COc1cc(-c2oc3ccc(CC(=O)N4CCOCC4)cc3c2SC)ccc1O. The molecule has 0 radical (unpaired) electrons. The van der Waals surface area contributed by atoms with Crippen molar-refractivity contribution < 1.29 is 23.8 Å². The van der Waals surface area contributed by atoms with Crippen LogP contribution >= 0.6 is 11.8 Å². The van der Waals surface area contributed by atoms with Gasteiger partial charge in [-0.1, -0.05) is 6.07 Å². The number of aromatic hydroxyl groups is 1. The number of hydrogen-bond acceptors (Lipinski definition) is 6. The highest BCUT2D eigenvalue weighted by Crippen LogP contribution is 2.41. The molecule has 29 heavy (non-hydrogen) atoms. The van der Waals surface area contributed by atoms with Crippen molar-refractivity contribution in [2.75, 3.05) is 39.7 Å². The number of carbonyl (C=O) groups is 1. The lowest BCUT2D eigenvalue weighted by Gasteiger charge is -2.26. The van der Waals surface area contributed by atoms with E-state index in [1.807, 2.05) is 29.4 Å². The Hall–Kier alpha value is -2.64. The van der Waals surface area contributed by atoms with Crippen LogP contribution in [0.5, 0.6) is 11.5 Å². The number of methoxy groups -OCH3 is 1. The van der Waals surface area contributed by atoms with Gasteiger partial charge in [0.25, 0.3) is 0 Å². The van der Waals surface area contributed by atoms with Gasteiger partial charge < -0.3 is 23.9 Å². The highest BCUT2D eigenvalue weighted by molar-refractivity contribution is 7.99. The van der Waals surface area contributed by atoms with Crippen molar-refractivity contribution in [2.24, 2.45) is 0 Å². The van der Waals surface area contributed by atoms with E-state index in [1.54, 1.807) is 30.0 Å². The minimum absolute atomic E-state index is 0.0852. The number of ether oxygens (including phenoxy) is 2. The lowest BCUT2D eigenvalue weighted by atomic mass is 10.1. The number of benzene rings is 2. The Morgan fingerprint density at radius 2 is 2.00 bits per heavy atom. The summed E-state index contributed by atoms with van der Waals surface area (Å²) >= 11 is 1.59. The molecule has 0 spiro atoms. The molecule has 1 aliphatic rings. The van der Waals surface area contributed by atoms with E-state index in [9.17, 15) is 9.90 Å². The molecule has 1 fully saturated rings. The third-order valence-electron chi connectivity index (χ3n) is 5.07. The summed E-state index contributed by atoms with van der Waals surface area (Å²) in [7, 11) is 1.52. The van der Waals surface area contributed by atoms with E-state index in [2.05, 4.69) is 0 Å². The summed E-state index contributed by atoms with van der Waals surface area (Å²) in [6.45, 7) is 2.50. The van der Waals surface area contributed by atoms with Crippen molar-refractivity contribution in [1.29, 1.82) is 0 Å². The first-order chi connectivity index (χ1) is 14.1. The molecule has 0 aliphatic carbocycles. The molecular formula is C22H23NO5S. The first kappa shape index (κ1) is 19.7. The number of phenols is 1. The summed E-state index contributed by atoms with van der Waals surface area (Å²) < 4.78 is 16.7. The second-order valence-electron chi connectivity index (χ2n) is 6.85. The molecule has 1 aromatic heterocycles. The molecule has 1 N–H and O–H groups in total. The van der Waals surface area contributed by atoms with Crippen LogP contribution in [0.3, 0.4) is 0 Å². The average Bonchev–Trinajstić information content (AvgIpc) is 3.12. The summed E-state index contributed by atoms with van der Waals surface area (Å²) in [4.78, 5) is 15.4. The van der Waals surface area contributed by atoms with Crippen molar-refractivity contribution in [3.05, 3.63) is 42.0 Å². The van der Waals surface area contributed by atoms with Gasteiger partial charge in [0.1, 0.15) is 11.3 Å². The van der Waals surface area contributed by atoms with Gasteiger partial charge in [-0.15, -0.1) is 11.8 Å². The van der Waals surface area contributed by atoms with Gasteiger partial charge in [-0.3, -0.25) is 4.79 Å². The average molecular weight is 413 g/mol. The molecule has 2 aromatic carbocycles. The number of furan rings is 1. The summed E-state index contributed by atoms with van der Waals surface area (Å²) in [5.41, 5.74) is 2.55. The highest BCUT2D eigenvalue weighted by atomic mass is 32.2. The Kier molecular flexibility index (Phi) is 5.69. The van der Waals surface area contributed by atoms with E-state index in [0.717, 1.165) is 32.8 Å². The Morgan fingerprint density at radius 1 is 1.21 bits per heavy atom. The molecule has 2 heterocycles. The van der Waals surface area contributed by atoms with Gasteiger partial charge in [-0.25, -0.2) is 0 Å². The number of hydrogen-bond donors (Lipinski definition) is 1. The zero-order valence-corrected chi connectivity index (χ0v) is 17.3. The maximum Gasteiger partial charge on any atom is 0.227 e. The van der Waals surface area contributed by atoms with Gasteiger partial charge >= 0.3 is 0 Å². The van der Waals surface area contributed by atoms with Crippen LogP contribution in [0.15, 0.2) is 45.7 Å². The van der Waals surface area contributed by atoms with E-state index in [-0.39, 0.29) is 11.7 Å². The van der Waals surface area contributed by atoms with Crippen LogP contribution in [-0.4, -0.2) is 55.6 Å². The fraction of sp³-hybridized carbons (Fsp3) is 0.318. The summed E-state index contributed by atoms with van der Waals surface area (Å²) in [5.74, 6) is 1.32. The van der Waals surface area contributed by atoms with Crippen LogP contribution in [0.2, 0.25) is 0 Å². The standard InChI is InChI=1S/C22H23NO5S/c1-26-19-13-15(4-5-17(19)24)21-22(29-2)16-11-14(3-6-18(16)28-21)12-20(25)23-7-9-27-10-8-23/h3-6,11,13,24H,7-10,12H2,1-2H3. The van der Waals surface area contributed by atoms with Gasteiger partial charge in [-0.05, 0) is 42.2 Å². The molecule has 1 amide bonds. The first-order valence-electron chi connectivity index (χ1n) is 9.43. The molecule has 6 nitrogen and oxygen atoms in total. The Balaban J connectivity index is 1.67. The summed E-state index contributed by atoms with van der Waals surface area (Å²) in [6, 6.07) is 11.0. The van der Waals surface area contributed by atoms with Crippen molar-refractivity contribution in [1.82, 2.24) is 4.90 Å². The van der Waals surface area contributed by atoms with Crippen LogP contribution in [-0.2, 0) is 16.0 Å². The molecule has 152 valence electrons. The van der Waals surface area contributed by atoms with E-state index in [0.29, 0.717) is 38.5 Å². The lowest BCUT2D eigenvalue weighted by Crippen LogP contribution is -2.41. The summed E-state index contributed by atoms with van der Waals surface area (Å²) in [5, 5.41) is 10.8. The van der Waals surface area contributed by atoms with E-state index < -0.39 is 0 Å². The summed E-state index contributed by atoms with van der Waals surface area (Å²) in [6.07, 6.45) is 2.36. The van der Waals surface area contributed by atoms with E-state index in [1.165, 1.54) is 7.11 Å².